The molecule has 0 fully saturated rings. The first-order valence-electron chi connectivity index (χ1n) is 6.40. The van der Waals surface area contributed by atoms with Crippen LogP contribution in [0.25, 0.3) is 0 Å². The summed E-state index contributed by atoms with van der Waals surface area (Å²) in [7, 11) is 0. The number of carbonyl (C=O) groups is 1. The summed E-state index contributed by atoms with van der Waals surface area (Å²) < 4.78 is 0. The Hall–Kier alpha value is -1.02. The molecule has 18 heavy (non-hydrogen) atoms. The maximum Gasteiger partial charge on any atom is 0.225 e. The van der Waals surface area contributed by atoms with E-state index in [-0.39, 0.29) is 17.4 Å². The number of rotatable bonds is 6. The zero-order chi connectivity index (χ0) is 13.6. The fourth-order valence-electron chi connectivity index (χ4n) is 1.58. The third kappa shape index (κ3) is 4.34. The van der Waals surface area contributed by atoms with Crippen molar-refractivity contribution >= 4 is 17.5 Å². The van der Waals surface area contributed by atoms with Crippen LogP contribution < -0.4 is 5.32 Å². The van der Waals surface area contributed by atoms with Gasteiger partial charge in [-0.1, -0.05) is 51.1 Å². The van der Waals surface area contributed by atoms with Crippen molar-refractivity contribution < 1.29 is 4.79 Å². The predicted molar refractivity (Wildman–Crippen MR) is 76.9 cm³/mol. The zero-order valence-corrected chi connectivity index (χ0v) is 12.1. The van der Waals surface area contributed by atoms with E-state index in [0.717, 1.165) is 12.8 Å². The number of nitrogens with one attached hydrogen (secondary N) is 1. The highest BCUT2D eigenvalue weighted by molar-refractivity contribution is 6.18. The molecule has 0 radical (unpaired) electrons. The molecule has 1 aromatic rings. The Morgan fingerprint density at radius 1 is 1.33 bits per heavy atom. The molecule has 0 aliphatic carbocycles. The number of hydrogen-bond acceptors (Lipinski definition) is 1. The lowest BCUT2D eigenvalue weighted by molar-refractivity contribution is -0.130. The number of amides is 1. The van der Waals surface area contributed by atoms with Gasteiger partial charge in [0.25, 0.3) is 0 Å². The summed E-state index contributed by atoms with van der Waals surface area (Å²) in [4.78, 5) is 12.1. The van der Waals surface area contributed by atoms with Crippen molar-refractivity contribution in [2.24, 2.45) is 5.41 Å². The van der Waals surface area contributed by atoms with Crippen LogP contribution in [0.15, 0.2) is 30.3 Å². The first-order valence-corrected chi connectivity index (χ1v) is 6.94. The lowest BCUT2D eigenvalue weighted by Gasteiger charge is -2.25. The summed E-state index contributed by atoms with van der Waals surface area (Å²) >= 11 is 5.94. The molecule has 1 unspecified atom stereocenters. The highest BCUT2D eigenvalue weighted by Gasteiger charge is 2.27. The number of benzene rings is 1. The molecule has 0 aliphatic heterocycles. The molecular weight excluding hydrogens is 246 g/mol. The molecule has 1 amide bonds. The molecule has 1 aromatic carbocycles. The summed E-state index contributed by atoms with van der Waals surface area (Å²) in [6.45, 7) is 5.93. The van der Waals surface area contributed by atoms with Crippen LogP contribution in [0.3, 0.4) is 0 Å². The lowest BCUT2D eigenvalue weighted by Crippen LogP contribution is -2.44. The highest BCUT2D eigenvalue weighted by atomic mass is 35.5. The Labute approximate surface area is 115 Å². The van der Waals surface area contributed by atoms with Crippen molar-refractivity contribution in [2.75, 3.05) is 5.88 Å². The van der Waals surface area contributed by atoms with Gasteiger partial charge < -0.3 is 5.32 Å². The predicted octanol–water partition coefficient (Wildman–Crippen LogP) is 3.39. The molecule has 1 rings (SSSR count). The summed E-state index contributed by atoms with van der Waals surface area (Å²) in [5, 5.41) is 3.04. The summed E-state index contributed by atoms with van der Waals surface area (Å²) in [6.07, 6.45) is 1.59. The van der Waals surface area contributed by atoms with Gasteiger partial charge in [0.1, 0.15) is 0 Å². The molecular formula is C15H22ClNO. The molecule has 0 aromatic heterocycles. The number of carbonyl (C=O) groups excluding carboxylic acids is 1. The van der Waals surface area contributed by atoms with Gasteiger partial charge in [-0.25, -0.2) is 0 Å². The molecule has 3 heteroatoms. The van der Waals surface area contributed by atoms with Gasteiger partial charge >= 0.3 is 0 Å². The van der Waals surface area contributed by atoms with E-state index in [2.05, 4.69) is 17.4 Å². The number of alkyl halides is 1. The normalized spacial score (nSPS) is 13.1. The van der Waals surface area contributed by atoms with Gasteiger partial charge in [0.05, 0.1) is 0 Å². The molecule has 0 bridgehead atoms. The Kier molecular flexibility index (Phi) is 5.67. The van der Waals surface area contributed by atoms with E-state index in [1.807, 2.05) is 39.0 Å². The Morgan fingerprint density at radius 2 is 1.94 bits per heavy atom. The standard InChI is InChI=1S/C15H22ClNO/c1-4-15(2,3)14(18)17-13(11-16)10-12-8-6-5-7-9-12/h5-9,13H,4,10-11H2,1-3H3,(H,17,18). The fourth-order valence-corrected chi connectivity index (χ4v) is 1.77. The quantitative estimate of drug-likeness (QED) is 0.787. The molecule has 1 atom stereocenters. The monoisotopic (exact) mass is 267 g/mol. The van der Waals surface area contributed by atoms with Gasteiger partial charge in [0.15, 0.2) is 0 Å². The van der Waals surface area contributed by atoms with Crippen LogP contribution in [-0.4, -0.2) is 17.8 Å². The van der Waals surface area contributed by atoms with E-state index in [1.165, 1.54) is 5.56 Å². The van der Waals surface area contributed by atoms with E-state index in [4.69, 9.17) is 11.6 Å². The molecule has 1 N–H and O–H groups in total. The number of hydrogen-bond donors (Lipinski definition) is 1. The smallest absolute Gasteiger partial charge is 0.225 e. The van der Waals surface area contributed by atoms with Crippen molar-refractivity contribution in [1.82, 2.24) is 5.32 Å². The molecule has 0 heterocycles. The van der Waals surface area contributed by atoms with Crippen molar-refractivity contribution in [3.05, 3.63) is 35.9 Å². The second-order valence-electron chi connectivity index (χ2n) is 5.25. The van der Waals surface area contributed by atoms with E-state index in [0.29, 0.717) is 5.88 Å². The van der Waals surface area contributed by atoms with Crippen molar-refractivity contribution in [1.29, 1.82) is 0 Å². The van der Waals surface area contributed by atoms with Crippen LogP contribution in [0, 0.1) is 5.41 Å². The van der Waals surface area contributed by atoms with E-state index >= 15 is 0 Å². The Balaban J connectivity index is 2.60. The van der Waals surface area contributed by atoms with Crippen LogP contribution in [-0.2, 0) is 11.2 Å². The SMILES string of the molecule is CCC(C)(C)C(=O)NC(CCl)Cc1ccccc1. The minimum Gasteiger partial charge on any atom is -0.351 e. The average Bonchev–Trinajstić information content (AvgIpc) is 2.38. The van der Waals surface area contributed by atoms with Crippen LogP contribution in [0.2, 0.25) is 0 Å². The molecule has 0 saturated heterocycles. The molecule has 2 nitrogen and oxygen atoms in total. The van der Waals surface area contributed by atoms with E-state index < -0.39 is 0 Å². The zero-order valence-electron chi connectivity index (χ0n) is 11.4. The number of halogens is 1. The largest absolute Gasteiger partial charge is 0.351 e. The topological polar surface area (TPSA) is 29.1 Å². The van der Waals surface area contributed by atoms with Gasteiger partial charge in [0, 0.05) is 17.3 Å². The molecule has 0 aliphatic rings. The van der Waals surface area contributed by atoms with Crippen molar-refractivity contribution in [2.45, 2.75) is 39.7 Å². The van der Waals surface area contributed by atoms with Gasteiger partial charge in [-0.2, -0.15) is 0 Å². The van der Waals surface area contributed by atoms with Gasteiger partial charge in [-0.05, 0) is 18.4 Å². The Bertz CT molecular complexity index is 375. The van der Waals surface area contributed by atoms with E-state index in [1.54, 1.807) is 0 Å². The Morgan fingerprint density at radius 3 is 2.44 bits per heavy atom. The summed E-state index contributed by atoms with van der Waals surface area (Å²) in [5.74, 6) is 0.507. The summed E-state index contributed by atoms with van der Waals surface area (Å²) in [6, 6.07) is 10.1. The van der Waals surface area contributed by atoms with Crippen LogP contribution >= 0.6 is 11.6 Å². The van der Waals surface area contributed by atoms with E-state index in [9.17, 15) is 4.79 Å². The second-order valence-corrected chi connectivity index (χ2v) is 5.56. The first-order chi connectivity index (χ1) is 8.49. The summed E-state index contributed by atoms with van der Waals surface area (Å²) in [5.41, 5.74) is 0.860. The minimum absolute atomic E-state index is 0.00704. The third-order valence-electron chi connectivity index (χ3n) is 3.34. The molecule has 0 spiro atoms. The fraction of sp³-hybridized carbons (Fsp3) is 0.533. The average molecular weight is 268 g/mol. The molecule has 100 valence electrons. The van der Waals surface area contributed by atoms with Gasteiger partial charge in [-0.15, -0.1) is 11.6 Å². The van der Waals surface area contributed by atoms with Crippen molar-refractivity contribution in [3.63, 3.8) is 0 Å². The van der Waals surface area contributed by atoms with Gasteiger partial charge in [-0.3, -0.25) is 4.79 Å². The van der Waals surface area contributed by atoms with Gasteiger partial charge in [0.2, 0.25) is 5.91 Å². The first kappa shape index (κ1) is 15.0. The molecule has 0 saturated carbocycles. The van der Waals surface area contributed by atoms with Crippen molar-refractivity contribution in [3.8, 4) is 0 Å². The highest BCUT2D eigenvalue weighted by Crippen LogP contribution is 2.20. The third-order valence-corrected chi connectivity index (χ3v) is 3.72. The van der Waals surface area contributed by atoms with Crippen LogP contribution in [0.4, 0.5) is 0 Å². The van der Waals surface area contributed by atoms with Crippen LogP contribution in [0.1, 0.15) is 32.8 Å². The maximum absolute atomic E-state index is 12.1. The minimum atomic E-state index is -0.332. The lowest BCUT2D eigenvalue weighted by atomic mass is 9.89. The second kappa shape index (κ2) is 6.79. The maximum atomic E-state index is 12.1. The van der Waals surface area contributed by atoms with Crippen LogP contribution in [0.5, 0.6) is 0 Å².